The Balaban J connectivity index is 2.50. The Hall–Kier alpha value is -0.960. The number of likely N-dealkylation sites (N-methyl/N-ethyl adjacent to an activating group) is 1. The lowest BCUT2D eigenvalue weighted by Crippen LogP contribution is -2.34. The Labute approximate surface area is 127 Å². The molecule has 0 atom stereocenters. The lowest BCUT2D eigenvalue weighted by atomic mass is 10.4. The summed E-state index contributed by atoms with van der Waals surface area (Å²) in [4.78, 5) is 2.40. The third-order valence-electron chi connectivity index (χ3n) is 3.35. The van der Waals surface area contributed by atoms with Crippen LogP contribution in [0.5, 0.6) is 0 Å². The number of aryl methyl sites for hydroxylation is 1. The van der Waals surface area contributed by atoms with Gasteiger partial charge < -0.3 is 10.2 Å². The molecule has 0 fully saturated rings. The van der Waals surface area contributed by atoms with Crippen molar-refractivity contribution in [3.63, 3.8) is 0 Å². The topological polar surface area (TPSA) is 79.3 Å². The minimum absolute atomic E-state index is 0.228. The molecule has 1 rings (SSSR count). The lowest BCUT2D eigenvalue weighted by Gasteiger charge is -2.17. The summed E-state index contributed by atoms with van der Waals surface area (Å²) in [5.41, 5.74) is 0. The van der Waals surface area contributed by atoms with Crippen LogP contribution in [-0.2, 0) is 16.6 Å². The van der Waals surface area contributed by atoms with Gasteiger partial charge in [0.1, 0.15) is 4.90 Å². The zero-order chi connectivity index (χ0) is 15.7. The second-order valence-electron chi connectivity index (χ2n) is 4.82. The summed E-state index contributed by atoms with van der Waals surface area (Å²) >= 11 is 0. The van der Waals surface area contributed by atoms with Crippen molar-refractivity contribution in [3.05, 3.63) is 12.4 Å². The van der Waals surface area contributed by atoms with Crippen molar-refractivity contribution in [2.24, 2.45) is 0 Å². The van der Waals surface area contributed by atoms with Crippen LogP contribution in [0.4, 0.5) is 0 Å². The molecule has 0 bridgehead atoms. The summed E-state index contributed by atoms with van der Waals surface area (Å²) < 4.78 is 28.6. The maximum atomic E-state index is 12.1. The Morgan fingerprint density at radius 1 is 1.29 bits per heavy atom. The molecule has 1 aromatic heterocycles. The Morgan fingerprint density at radius 3 is 2.62 bits per heavy atom. The van der Waals surface area contributed by atoms with Gasteiger partial charge >= 0.3 is 0 Å². The molecule has 1 heterocycles. The number of hydrogen-bond donors (Lipinski definition) is 2. The van der Waals surface area contributed by atoms with Crippen molar-refractivity contribution in [3.8, 4) is 0 Å². The third-order valence-corrected chi connectivity index (χ3v) is 4.76. The minimum atomic E-state index is -3.46. The first-order chi connectivity index (χ1) is 10.0. The van der Waals surface area contributed by atoms with Gasteiger partial charge in [-0.1, -0.05) is 13.8 Å². The zero-order valence-electron chi connectivity index (χ0n) is 13.2. The predicted octanol–water partition coefficient (Wildman–Crippen LogP) is 0.113. The fourth-order valence-electron chi connectivity index (χ4n) is 1.98. The standard InChI is InChI=1S/C13H27N5O2S/c1-4-17(5-2)10-8-16-21(19,20)13-11-15-18(12-13)9-6-7-14-3/h11-12,14,16H,4-10H2,1-3H3. The summed E-state index contributed by atoms with van der Waals surface area (Å²) in [5, 5.41) is 7.14. The summed E-state index contributed by atoms with van der Waals surface area (Å²) in [6.45, 7) is 8.67. The number of nitrogens with zero attached hydrogens (tertiary/aromatic N) is 3. The maximum absolute atomic E-state index is 12.1. The van der Waals surface area contributed by atoms with E-state index in [4.69, 9.17) is 0 Å². The quantitative estimate of drug-likeness (QED) is 0.567. The molecular formula is C13H27N5O2S. The molecule has 0 unspecified atom stereocenters. The Kier molecular flexibility index (Phi) is 7.87. The molecule has 0 aliphatic carbocycles. The Morgan fingerprint density at radius 2 is 2.00 bits per heavy atom. The first-order valence-corrected chi connectivity index (χ1v) is 8.90. The molecular weight excluding hydrogens is 290 g/mol. The molecule has 2 N–H and O–H groups in total. The fourth-order valence-corrected chi connectivity index (χ4v) is 2.96. The second kappa shape index (κ2) is 9.14. The van der Waals surface area contributed by atoms with E-state index in [0.717, 1.165) is 26.1 Å². The number of aromatic nitrogens is 2. The number of nitrogens with one attached hydrogen (secondary N) is 2. The van der Waals surface area contributed by atoms with Gasteiger partial charge in [0, 0.05) is 25.8 Å². The van der Waals surface area contributed by atoms with E-state index in [-0.39, 0.29) is 4.90 Å². The van der Waals surface area contributed by atoms with Crippen molar-refractivity contribution in [1.29, 1.82) is 0 Å². The van der Waals surface area contributed by atoms with Crippen molar-refractivity contribution in [1.82, 2.24) is 24.7 Å². The number of hydrogen-bond acceptors (Lipinski definition) is 5. The first-order valence-electron chi connectivity index (χ1n) is 7.42. The van der Waals surface area contributed by atoms with Crippen molar-refractivity contribution < 1.29 is 8.42 Å². The first kappa shape index (κ1) is 18.1. The molecule has 0 spiro atoms. The van der Waals surface area contributed by atoms with Crippen LogP contribution in [-0.4, -0.2) is 62.9 Å². The number of sulfonamides is 1. The molecule has 0 amide bonds. The van der Waals surface area contributed by atoms with E-state index in [1.807, 2.05) is 7.05 Å². The van der Waals surface area contributed by atoms with Crippen LogP contribution < -0.4 is 10.0 Å². The largest absolute Gasteiger partial charge is 0.320 e. The highest BCUT2D eigenvalue weighted by molar-refractivity contribution is 7.89. The molecule has 0 saturated carbocycles. The van der Waals surface area contributed by atoms with Crippen molar-refractivity contribution in [2.45, 2.75) is 31.7 Å². The van der Waals surface area contributed by atoms with Crippen LogP contribution >= 0.6 is 0 Å². The molecule has 0 aliphatic rings. The highest BCUT2D eigenvalue weighted by Gasteiger charge is 2.16. The van der Waals surface area contributed by atoms with Gasteiger partial charge in [-0.2, -0.15) is 5.10 Å². The highest BCUT2D eigenvalue weighted by Crippen LogP contribution is 2.07. The molecule has 122 valence electrons. The van der Waals surface area contributed by atoms with Crippen LogP contribution in [0, 0.1) is 0 Å². The Bertz CT molecular complexity index is 496. The van der Waals surface area contributed by atoms with Gasteiger partial charge in [0.15, 0.2) is 0 Å². The molecule has 0 aromatic carbocycles. The molecule has 1 aromatic rings. The van der Waals surface area contributed by atoms with E-state index < -0.39 is 10.0 Å². The summed E-state index contributed by atoms with van der Waals surface area (Å²) in [6.07, 6.45) is 3.89. The van der Waals surface area contributed by atoms with Crippen LogP contribution in [0.15, 0.2) is 17.3 Å². The third kappa shape index (κ3) is 6.13. The number of rotatable bonds is 11. The van der Waals surface area contributed by atoms with Crippen LogP contribution in [0.3, 0.4) is 0 Å². The SMILES string of the molecule is CCN(CC)CCNS(=O)(=O)c1cnn(CCCNC)c1. The average Bonchev–Trinajstić information content (AvgIpc) is 2.94. The van der Waals surface area contributed by atoms with Gasteiger partial charge in [-0.25, -0.2) is 13.1 Å². The molecule has 0 aliphatic heterocycles. The predicted molar refractivity (Wildman–Crippen MR) is 83.7 cm³/mol. The average molecular weight is 317 g/mol. The zero-order valence-corrected chi connectivity index (χ0v) is 14.0. The van der Waals surface area contributed by atoms with Gasteiger partial charge in [0.05, 0.1) is 6.20 Å². The molecule has 7 nitrogen and oxygen atoms in total. The van der Waals surface area contributed by atoms with Crippen molar-refractivity contribution in [2.75, 3.05) is 39.8 Å². The molecule has 21 heavy (non-hydrogen) atoms. The van der Waals surface area contributed by atoms with E-state index in [9.17, 15) is 8.42 Å². The molecule has 8 heteroatoms. The van der Waals surface area contributed by atoms with E-state index in [1.54, 1.807) is 10.9 Å². The lowest BCUT2D eigenvalue weighted by molar-refractivity contribution is 0.309. The maximum Gasteiger partial charge on any atom is 0.243 e. The second-order valence-corrected chi connectivity index (χ2v) is 6.59. The highest BCUT2D eigenvalue weighted by atomic mass is 32.2. The van der Waals surface area contributed by atoms with E-state index in [0.29, 0.717) is 19.6 Å². The van der Waals surface area contributed by atoms with Crippen LogP contribution in [0.2, 0.25) is 0 Å². The summed E-state index contributed by atoms with van der Waals surface area (Å²) in [7, 11) is -1.57. The summed E-state index contributed by atoms with van der Waals surface area (Å²) in [6, 6.07) is 0. The van der Waals surface area contributed by atoms with E-state index in [1.165, 1.54) is 6.20 Å². The van der Waals surface area contributed by atoms with Gasteiger partial charge in [-0.15, -0.1) is 0 Å². The van der Waals surface area contributed by atoms with Gasteiger partial charge in [-0.05, 0) is 33.1 Å². The molecule has 0 saturated heterocycles. The summed E-state index contributed by atoms with van der Waals surface area (Å²) in [5.74, 6) is 0. The monoisotopic (exact) mass is 317 g/mol. The van der Waals surface area contributed by atoms with Crippen LogP contribution in [0.25, 0.3) is 0 Å². The van der Waals surface area contributed by atoms with Crippen molar-refractivity contribution >= 4 is 10.0 Å². The minimum Gasteiger partial charge on any atom is -0.320 e. The smallest absolute Gasteiger partial charge is 0.243 e. The van der Waals surface area contributed by atoms with Gasteiger partial charge in [0.25, 0.3) is 0 Å². The van der Waals surface area contributed by atoms with E-state index >= 15 is 0 Å². The molecule has 0 radical (unpaired) electrons. The van der Waals surface area contributed by atoms with E-state index in [2.05, 4.69) is 33.9 Å². The van der Waals surface area contributed by atoms with Crippen LogP contribution in [0.1, 0.15) is 20.3 Å². The van der Waals surface area contributed by atoms with Gasteiger partial charge in [0.2, 0.25) is 10.0 Å². The van der Waals surface area contributed by atoms with Gasteiger partial charge in [-0.3, -0.25) is 4.68 Å². The fraction of sp³-hybridized carbons (Fsp3) is 0.769. The normalized spacial score (nSPS) is 12.2.